The number of nitrogens with zero attached hydrogens (tertiary/aromatic N) is 3. The van der Waals surface area contributed by atoms with Crippen molar-refractivity contribution in [2.75, 3.05) is 39.0 Å². The van der Waals surface area contributed by atoms with Crippen molar-refractivity contribution in [2.45, 2.75) is 50.7 Å². The summed E-state index contributed by atoms with van der Waals surface area (Å²) < 4.78 is 5.02. The Morgan fingerprint density at radius 1 is 1.09 bits per heavy atom. The van der Waals surface area contributed by atoms with Crippen LogP contribution >= 0.6 is 11.8 Å². The van der Waals surface area contributed by atoms with E-state index in [-0.39, 0.29) is 23.3 Å². The number of ether oxygens (including phenoxy) is 1. The van der Waals surface area contributed by atoms with Crippen LogP contribution in [0.2, 0.25) is 0 Å². The fourth-order valence-corrected chi connectivity index (χ4v) is 5.36. The topological polar surface area (TPSA) is 93.0 Å². The molecule has 1 saturated carbocycles. The van der Waals surface area contributed by atoms with Gasteiger partial charge in [-0.1, -0.05) is 38.2 Å². The van der Waals surface area contributed by atoms with E-state index in [9.17, 15) is 19.7 Å². The Morgan fingerprint density at radius 3 is 2.38 bits per heavy atom. The normalized spacial score (nSPS) is 17.3. The molecule has 1 aliphatic heterocycles. The molecule has 32 heavy (non-hydrogen) atoms. The van der Waals surface area contributed by atoms with E-state index < -0.39 is 4.92 Å². The van der Waals surface area contributed by atoms with E-state index in [2.05, 4.69) is 0 Å². The maximum Gasteiger partial charge on any atom is 0.311 e. The Morgan fingerprint density at radius 2 is 1.75 bits per heavy atom. The molecule has 9 heteroatoms. The lowest BCUT2D eigenvalue weighted by Gasteiger charge is -2.35. The number of methoxy groups -OCH3 is 1. The molecule has 1 heterocycles. The highest BCUT2D eigenvalue weighted by molar-refractivity contribution is 7.99. The number of thioether (sulfide) groups is 1. The number of nitro benzene ring substituents is 1. The van der Waals surface area contributed by atoms with E-state index in [1.54, 1.807) is 12.1 Å². The molecule has 2 aliphatic rings. The van der Waals surface area contributed by atoms with Gasteiger partial charge in [0.25, 0.3) is 0 Å². The van der Waals surface area contributed by atoms with Gasteiger partial charge in [-0.3, -0.25) is 19.7 Å². The van der Waals surface area contributed by atoms with Crippen molar-refractivity contribution >= 4 is 29.3 Å². The van der Waals surface area contributed by atoms with Crippen molar-refractivity contribution in [1.29, 1.82) is 0 Å². The first-order chi connectivity index (χ1) is 15.5. The molecular weight excluding hydrogens is 430 g/mol. The van der Waals surface area contributed by atoms with Gasteiger partial charge in [-0.2, -0.15) is 0 Å². The largest absolute Gasteiger partial charge is 0.490 e. The van der Waals surface area contributed by atoms with Crippen molar-refractivity contribution in [1.82, 2.24) is 9.80 Å². The van der Waals surface area contributed by atoms with E-state index in [1.165, 1.54) is 57.0 Å². The molecule has 0 atom stereocenters. The van der Waals surface area contributed by atoms with Gasteiger partial charge in [0.05, 0.1) is 17.8 Å². The summed E-state index contributed by atoms with van der Waals surface area (Å²) in [5, 5.41) is 11.1. The summed E-state index contributed by atoms with van der Waals surface area (Å²) in [4.78, 5) is 39.5. The number of hydrogen-bond donors (Lipinski definition) is 0. The Hall–Kier alpha value is -2.29. The molecule has 3 rings (SSSR count). The Labute approximate surface area is 193 Å². The average molecular weight is 464 g/mol. The summed E-state index contributed by atoms with van der Waals surface area (Å²) in [6.45, 7) is 2.35. The van der Waals surface area contributed by atoms with Crippen LogP contribution in [-0.4, -0.2) is 65.6 Å². The lowest BCUT2D eigenvalue weighted by Crippen LogP contribution is -2.51. The lowest BCUT2D eigenvalue weighted by atomic mass is 9.86. The number of benzene rings is 1. The molecule has 1 aliphatic carbocycles. The van der Waals surface area contributed by atoms with Crippen LogP contribution in [0, 0.1) is 16.0 Å². The first-order valence-corrected chi connectivity index (χ1v) is 12.6. The second-order valence-corrected chi connectivity index (χ2v) is 9.55. The fourth-order valence-electron chi connectivity index (χ4n) is 4.48. The van der Waals surface area contributed by atoms with Gasteiger partial charge >= 0.3 is 5.69 Å². The number of carbonyl (C=O) groups is 2. The highest BCUT2D eigenvalue weighted by Gasteiger charge is 2.25. The van der Waals surface area contributed by atoms with Crippen LogP contribution in [0.3, 0.4) is 0 Å². The highest BCUT2D eigenvalue weighted by atomic mass is 32.2. The number of piperazine rings is 1. The van der Waals surface area contributed by atoms with E-state index in [0.29, 0.717) is 50.0 Å². The molecule has 2 fully saturated rings. The molecule has 0 aromatic heterocycles. The van der Waals surface area contributed by atoms with Crippen LogP contribution in [0.5, 0.6) is 5.75 Å². The minimum Gasteiger partial charge on any atom is -0.490 e. The van der Waals surface area contributed by atoms with Crippen molar-refractivity contribution in [3.8, 4) is 5.75 Å². The SMILES string of the molecule is COc1ccc(CSCC(=O)N2CCN(C(=O)CCC3CCCCC3)CC2)cc1[N+](=O)[O-]. The van der Waals surface area contributed by atoms with Crippen LogP contribution in [-0.2, 0) is 15.3 Å². The van der Waals surface area contributed by atoms with Gasteiger partial charge in [-0.05, 0) is 24.0 Å². The predicted molar refractivity (Wildman–Crippen MR) is 125 cm³/mol. The van der Waals surface area contributed by atoms with Crippen LogP contribution in [0.15, 0.2) is 18.2 Å². The Balaban J connectivity index is 1.37. The third kappa shape index (κ3) is 6.85. The minimum atomic E-state index is -0.464. The molecule has 0 spiro atoms. The number of amides is 2. The number of rotatable bonds is 9. The summed E-state index contributed by atoms with van der Waals surface area (Å²) in [5.74, 6) is 2.03. The molecule has 0 N–H and O–H groups in total. The number of nitro groups is 1. The summed E-state index contributed by atoms with van der Waals surface area (Å²) in [6.07, 6.45) is 8.08. The van der Waals surface area contributed by atoms with E-state index >= 15 is 0 Å². The average Bonchev–Trinajstić information content (AvgIpc) is 2.83. The first-order valence-electron chi connectivity index (χ1n) is 11.4. The maximum atomic E-state index is 12.5. The monoisotopic (exact) mass is 463 g/mol. The van der Waals surface area contributed by atoms with Gasteiger partial charge in [0, 0.05) is 44.4 Å². The Bertz CT molecular complexity index is 805. The zero-order valence-corrected chi connectivity index (χ0v) is 19.6. The highest BCUT2D eigenvalue weighted by Crippen LogP contribution is 2.29. The molecule has 1 aromatic carbocycles. The minimum absolute atomic E-state index is 0.0484. The van der Waals surface area contributed by atoms with Crippen molar-refractivity contribution in [3.63, 3.8) is 0 Å². The molecule has 2 amide bonds. The summed E-state index contributed by atoms with van der Waals surface area (Å²) in [6, 6.07) is 4.86. The fraction of sp³-hybridized carbons (Fsp3) is 0.652. The lowest BCUT2D eigenvalue weighted by molar-refractivity contribution is -0.385. The zero-order chi connectivity index (χ0) is 22.9. The third-order valence-electron chi connectivity index (χ3n) is 6.41. The summed E-state index contributed by atoms with van der Waals surface area (Å²) in [5.41, 5.74) is 0.713. The van der Waals surface area contributed by atoms with E-state index in [0.717, 1.165) is 12.0 Å². The number of carbonyl (C=O) groups excluding carboxylic acids is 2. The maximum absolute atomic E-state index is 12.5. The predicted octanol–water partition coefficient (Wildman–Crippen LogP) is 3.87. The molecule has 0 radical (unpaired) electrons. The van der Waals surface area contributed by atoms with Crippen LogP contribution in [0.25, 0.3) is 0 Å². The smallest absolute Gasteiger partial charge is 0.311 e. The van der Waals surface area contributed by atoms with E-state index in [4.69, 9.17) is 4.74 Å². The van der Waals surface area contributed by atoms with Crippen LogP contribution in [0.4, 0.5) is 5.69 Å². The van der Waals surface area contributed by atoms with Gasteiger partial charge in [0.2, 0.25) is 11.8 Å². The second kappa shape index (κ2) is 12.1. The van der Waals surface area contributed by atoms with Gasteiger partial charge in [-0.25, -0.2) is 0 Å². The van der Waals surface area contributed by atoms with E-state index in [1.807, 2.05) is 9.80 Å². The van der Waals surface area contributed by atoms with Crippen LogP contribution in [0.1, 0.15) is 50.5 Å². The molecule has 1 aromatic rings. The van der Waals surface area contributed by atoms with Gasteiger partial charge < -0.3 is 14.5 Å². The molecule has 176 valence electrons. The zero-order valence-electron chi connectivity index (χ0n) is 18.8. The molecule has 8 nitrogen and oxygen atoms in total. The van der Waals surface area contributed by atoms with Gasteiger partial charge in [0.1, 0.15) is 0 Å². The molecule has 0 bridgehead atoms. The molecule has 0 unspecified atom stereocenters. The third-order valence-corrected chi connectivity index (χ3v) is 7.40. The molecule has 1 saturated heterocycles. The van der Waals surface area contributed by atoms with Gasteiger partial charge in [-0.15, -0.1) is 11.8 Å². The first kappa shape index (κ1) is 24.4. The second-order valence-electron chi connectivity index (χ2n) is 8.56. The summed E-state index contributed by atoms with van der Waals surface area (Å²) in [7, 11) is 1.40. The Kier molecular flexibility index (Phi) is 9.20. The van der Waals surface area contributed by atoms with Crippen molar-refractivity contribution in [2.24, 2.45) is 5.92 Å². The number of hydrogen-bond acceptors (Lipinski definition) is 6. The van der Waals surface area contributed by atoms with Crippen LogP contribution < -0.4 is 4.74 Å². The van der Waals surface area contributed by atoms with Gasteiger partial charge in [0.15, 0.2) is 5.75 Å². The standard InChI is InChI=1S/C23H33N3O5S/c1-31-21-9-7-19(15-20(21)26(29)30)16-32-17-23(28)25-13-11-24(12-14-25)22(27)10-8-18-5-3-2-4-6-18/h7,9,15,18H,2-6,8,10-14,16-17H2,1H3. The summed E-state index contributed by atoms with van der Waals surface area (Å²) >= 11 is 1.44. The molecular formula is C23H33N3O5S. The van der Waals surface area contributed by atoms with Crippen molar-refractivity contribution in [3.05, 3.63) is 33.9 Å². The quantitative estimate of drug-likeness (QED) is 0.408. The van der Waals surface area contributed by atoms with Crippen molar-refractivity contribution < 1.29 is 19.2 Å².